The minimum atomic E-state index is -0.301. The van der Waals surface area contributed by atoms with Crippen molar-refractivity contribution in [2.45, 2.75) is 0 Å². The fraction of sp³-hybridized carbons (Fsp3) is 0.0833. The molecule has 0 saturated carbocycles. The highest BCUT2D eigenvalue weighted by Gasteiger charge is 2.06. The molecule has 5 nitrogen and oxygen atoms in total. The van der Waals surface area contributed by atoms with E-state index in [0.29, 0.717) is 17.0 Å². The smallest absolute Gasteiger partial charge is 0.271 e. The molecule has 0 aliphatic rings. The second-order valence-electron chi connectivity index (χ2n) is 6.28. The first-order valence-electron chi connectivity index (χ1n) is 9.19. The van der Waals surface area contributed by atoms with Gasteiger partial charge in [0.05, 0.1) is 19.9 Å². The number of carbonyl (C=O) groups excluding carboxylic acids is 1. The van der Waals surface area contributed by atoms with Crippen LogP contribution >= 0.6 is 15.9 Å². The zero-order chi connectivity index (χ0) is 21.3. The lowest BCUT2D eigenvalue weighted by Crippen LogP contribution is -2.19. The average molecular weight is 465 g/mol. The van der Waals surface area contributed by atoms with Crippen molar-refractivity contribution >= 4 is 33.6 Å². The van der Waals surface area contributed by atoms with Gasteiger partial charge in [0.15, 0.2) is 0 Å². The van der Waals surface area contributed by atoms with Crippen molar-refractivity contribution in [2.24, 2.45) is 5.10 Å². The number of halogens is 1. The van der Waals surface area contributed by atoms with E-state index in [1.165, 1.54) is 0 Å². The molecule has 1 amide bonds. The van der Waals surface area contributed by atoms with Crippen molar-refractivity contribution in [2.75, 3.05) is 14.2 Å². The molecule has 3 aromatic carbocycles. The molecule has 0 atom stereocenters. The summed E-state index contributed by atoms with van der Waals surface area (Å²) in [5.74, 6) is 1.18. The van der Waals surface area contributed by atoms with E-state index in [2.05, 4.69) is 26.5 Å². The van der Waals surface area contributed by atoms with Gasteiger partial charge in [0, 0.05) is 15.6 Å². The summed E-state index contributed by atoms with van der Waals surface area (Å²) in [6.07, 6.45) is 3.79. The molecular weight excluding hydrogens is 444 g/mol. The molecule has 0 bridgehead atoms. The maximum Gasteiger partial charge on any atom is 0.271 e. The Balaban J connectivity index is 1.83. The van der Waals surface area contributed by atoms with Gasteiger partial charge in [-0.2, -0.15) is 5.10 Å². The Morgan fingerprint density at radius 3 is 1.93 bits per heavy atom. The number of amides is 1. The van der Waals surface area contributed by atoms with Gasteiger partial charge in [0.25, 0.3) is 5.91 Å². The predicted molar refractivity (Wildman–Crippen MR) is 123 cm³/mol. The molecule has 30 heavy (non-hydrogen) atoms. The lowest BCUT2D eigenvalue weighted by Gasteiger charge is -2.06. The quantitative estimate of drug-likeness (QED) is 0.380. The van der Waals surface area contributed by atoms with E-state index in [-0.39, 0.29) is 5.91 Å². The Morgan fingerprint density at radius 2 is 1.37 bits per heavy atom. The topological polar surface area (TPSA) is 59.9 Å². The summed E-state index contributed by atoms with van der Waals surface area (Å²) in [4.78, 5) is 12.5. The normalized spacial score (nSPS) is 11.4. The average Bonchev–Trinajstić information content (AvgIpc) is 2.80. The summed E-state index contributed by atoms with van der Waals surface area (Å²) in [6, 6.07) is 22.2. The molecule has 3 rings (SSSR count). The van der Waals surface area contributed by atoms with Gasteiger partial charge in [0.2, 0.25) is 0 Å². The van der Waals surface area contributed by atoms with E-state index in [1.54, 1.807) is 38.5 Å². The number of hydrogen-bond acceptors (Lipinski definition) is 4. The first-order valence-corrected chi connectivity index (χ1v) is 9.98. The minimum Gasteiger partial charge on any atom is -0.497 e. The van der Waals surface area contributed by atoms with Gasteiger partial charge in [-0.15, -0.1) is 0 Å². The molecule has 0 saturated heterocycles. The number of nitrogens with one attached hydrogen (secondary N) is 1. The summed E-state index contributed by atoms with van der Waals surface area (Å²) in [7, 11) is 3.22. The van der Waals surface area contributed by atoms with Crippen LogP contribution in [0.25, 0.3) is 6.08 Å². The zero-order valence-electron chi connectivity index (χ0n) is 16.6. The van der Waals surface area contributed by atoms with E-state index in [9.17, 15) is 4.79 Å². The van der Waals surface area contributed by atoms with Crippen molar-refractivity contribution < 1.29 is 14.3 Å². The first kappa shape index (κ1) is 21.3. The second kappa shape index (κ2) is 10.4. The number of carbonyl (C=O) groups is 1. The van der Waals surface area contributed by atoms with Gasteiger partial charge in [-0.25, -0.2) is 5.43 Å². The molecule has 0 fully saturated rings. The summed E-state index contributed by atoms with van der Waals surface area (Å²) >= 11 is 3.44. The van der Waals surface area contributed by atoms with Gasteiger partial charge in [-0.3, -0.25) is 4.79 Å². The Kier molecular flexibility index (Phi) is 7.40. The SMILES string of the molecule is COc1ccc(/C=C/C(=N\NC(=O)c2ccc(OC)cc2)c2ccc(Br)cc2)cc1. The number of ether oxygens (including phenoxy) is 2. The summed E-state index contributed by atoms with van der Waals surface area (Å²) < 4.78 is 11.3. The molecule has 0 unspecified atom stereocenters. The largest absolute Gasteiger partial charge is 0.497 e. The third-order valence-corrected chi connectivity index (χ3v) is 4.85. The van der Waals surface area contributed by atoms with Crippen molar-refractivity contribution in [3.05, 3.63) is 100 Å². The van der Waals surface area contributed by atoms with Crippen LogP contribution in [0.15, 0.2) is 88.4 Å². The van der Waals surface area contributed by atoms with Gasteiger partial charge in [0.1, 0.15) is 11.5 Å². The number of rotatable bonds is 7. The fourth-order valence-electron chi connectivity index (χ4n) is 2.63. The number of hydrazone groups is 1. The van der Waals surface area contributed by atoms with Crippen LogP contribution in [-0.2, 0) is 0 Å². The molecule has 152 valence electrons. The Labute approximate surface area is 184 Å². The number of nitrogens with zero attached hydrogens (tertiary/aromatic N) is 1. The fourth-order valence-corrected chi connectivity index (χ4v) is 2.89. The van der Waals surface area contributed by atoms with E-state index >= 15 is 0 Å². The Hall–Kier alpha value is -3.38. The van der Waals surface area contributed by atoms with E-state index in [4.69, 9.17) is 9.47 Å². The highest BCUT2D eigenvalue weighted by molar-refractivity contribution is 9.10. The van der Waals surface area contributed by atoms with Crippen LogP contribution in [0.2, 0.25) is 0 Å². The Bertz CT molecular complexity index is 1040. The molecular formula is C24H21BrN2O3. The lowest BCUT2D eigenvalue weighted by atomic mass is 10.1. The number of allylic oxidation sites excluding steroid dienone is 1. The Morgan fingerprint density at radius 1 is 0.833 bits per heavy atom. The van der Waals surface area contributed by atoms with Crippen LogP contribution in [0, 0.1) is 0 Å². The first-order chi connectivity index (χ1) is 14.6. The van der Waals surface area contributed by atoms with Crippen molar-refractivity contribution in [1.29, 1.82) is 0 Å². The molecule has 0 aliphatic heterocycles. The molecule has 0 heterocycles. The standard InChI is InChI=1S/C24H21BrN2O3/c1-29-21-12-3-17(4-13-21)5-16-23(18-6-10-20(25)11-7-18)26-27-24(28)19-8-14-22(30-2)15-9-19/h3-16H,1-2H3,(H,27,28)/b16-5+,26-23+. The molecule has 0 spiro atoms. The van der Waals surface area contributed by atoms with Crippen molar-refractivity contribution in [3.8, 4) is 11.5 Å². The van der Waals surface area contributed by atoms with Gasteiger partial charge in [-0.1, -0.05) is 46.3 Å². The maximum absolute atomic E-state index is 12.5. The third-order valence-electron chi connectivity index (χ3n) is 4.32. The van der Waals surface area contributed by atoms with Gasteiger partial charge >= 0.3 is 0 Å². The van der Waals surface area contributed by atoms with Crippen LogP contribution in [0.3, 0.4) is 0 Å². The number of hydrogen-bond donors (Lipinski definition) is 1. The van der Waals surface area contributed by atoms with Crippen molar-refractivity contribution in [1.82, 2.24) is 5.43 Å². The van der Waals surface area contributed by atoms with Gasteiger partial charge < -0.3 is 9.47 Å². The number of benzene rings is 3. The second-order valence-corrected chi connectivity index (χ2v) is 7.20. The van der Waals surface area contributed by atoms with E-state index < -0.39 is 0 Å². The molecule has 0 radical (unpaired) electrons. The van der Waals surface area contributed by atoms with Crippen LogP contribution in [0.5, 0.6) is 11.5 Å². The molecule has 0 aliphatic carbocycles. The van der Waals surface area contributed by atoms with Gasteiger partial charge in [-0.05, 0) is 60.2 Å². The summed E-state index contributed by atoms with van der Waals surface area (Å²) in [5, 5.41) is 4.35. The monoisotopic (exact) mass is 464 g/mol. The van der Waals surface area contributed by atoms with E-state index in [1.807, 2.05) is 60.7 Å². The van der Waals surface area contributed by atoms with E-state index in [0.717, 1.165) is 21.3 Å². The predicted octanol–water partition coefficient (Wildman–Crippen LogP) is 5.31. The minimum absolute atomic E-state index is 0.301. The third kappa shape index (κ3) is 5.81. The van der Waals surface area contributed by atoms with Crippen molar-refractivity contribution in [3.63, 3.8) is 0 Å². The molecule has 0 aromatic heterocycles. The zero-order valence-corrected chi connectivity index (χ0v) is 18.2. The van der Waals surface area contributed by atoms with Crippen LogP contribution in [0.1, 0.15) is 21.5 Å². The highest BCUT2D eigenvalue weighted by atomic mass is 79.9. The summed E-state index contributed by atoms with van der Waals surface area (Å²) in [5.41, 5.74) is 5.61. The lowest BCUT2D eigenvalue weighted by molar-refractivity contribution is 0.0955. The van der Waals surface area contributed by atoms with Crippen LogP contribution in [-0.4, -0.2) is 25.8 Å². The maximum atomic E-state index is 12.5. The number of methoxy groups -OCH3 is 2. The highest BCUT2D eigenvalue weighted by Crippen LogP contribution is 2.15. The molecule has 6 heteroatoms. The molecule has 3 aromatic rings. The van der Waals surface area contributed by atoms with Crippen LogP contribution in [0.4, 0.5) is 0 Å². The summed E-state index contributed by atoms with van der Waals surface area (Å²) in [6.45, 7) is 0. The molecule has 1 N–H and O–H groups in total. The van der Waals surface area contributed by atoms with Crippen LogP contribution < -0.4 is 14.9 Å².